The standard InChI is InChI=1S/C24H25NO4/c1-14-11-17(12-15(2)21(14)28-16(3)26)13-20-23(27)29-22(25-20)18-7-9-19(10-8-18)24(4,5)6/h7-13H,1-6H3/b20-13-. The van der Waals surface area contributed by atoms with E-state index in [-0.39, 0.29) is 17.1 Å². The van der Waals surface area contributed by atoms with Crippen molar-refractivity contribution in [1.29, 1.82) is 0 Å². The van der Waals surface area contributed by atoms with Gasteiger partial charge in [0.05, 0.1) is 0 Å². The number of aliphatic imine (C=N–C) groups is 1. The Labute approximate surface area is 171 Å². The highest BCUT2D eigenvalue weighted by Crippen LogP contribution is 2.28. The Balaban J connectivity index is 1.90. The van der Waals surface area contributed by atoms with Crippen LogP contribution in [-0.2, 0) is 19.7 Å². The van der Waals surface area contributed by atoms with E-state index >= 15 is 0 Å². The zero-order valence-corrected chi connectivity index (χ0v) is 17.6. The third-order valence-corrected chi connectivity index (χ3v) is 4.65. The summed E-state index contributed by atoms with van der Waals surface area (Å²) >= 11 is 0. The van der Waals surface area contributed by atoms with Crippen molar-refractivity contribution in [3.05, 3.63) is 69.9 Å². The van der Waals surface area contributed by atoms with E-state index in [1.54, 1.807) is 6.08 Å². The lowest BCUT2D eigenvalue weighted by atomic mass is 9.87. The fourth-order valence-electron chi connectivity index (χ4n) is 3.18. The number of benzene rings is 2. The summed E-state index contributed by atoms with van der Waals surface area (Å²) in [6, 6.07) is 11.6. The van der Waals surface area contributed by atoms with Crippen LogP contribution in [0.5, 0.6) is 5.75 Å². The minimum absolute atomic E-state index is 0.0474. The molecule has 1 aliphatic rings. The van der Waals surface area contributed by atoms with Gasteiger partial charge in [0.25, 0.3) is 0 Å². The summed E-state index contributed by atoms with van der Waals surface area (Å²) < 4.78 is 10.6. The predicted octanol–water partition coefficient (Wildman–Crippen LogP) is 4.87. The third-order valence-electron chi connectivity index (χ3n) is 4.65. The van der Waals surface area contributed by atoms with Crippen molar-refractivity contribution in [2.24, 2.45) is 4.99 Å². The quantitative estimate of drug-likeness (QED) is 0.425. The predicted molar refractivity (Wildman–Crippen MR) is 113 cm³/mol. The Morgan fingerprint density at radius 3 is 2.17 bits per heavy atom. The number of rotatable bonds is 3. The molecule has 0 saturated carbocycles. The first kappa shape index (κ1) is 20.5. The maximum atomic E-state index is 12.3. The molecule has 150 valence electrons. The molecule has 2 aromatic rings. The molecule has 0 amide bonds. The maximum absolute atomic E-state index is 12.3. The Bertz CT molecular complexity index is 1010. The zero-order valence-electron chi connectivity index (χ0n) is 17.6. The molecule has 1 aliphatic heterocycles. The van der Waals surface area contributed by atoms with Crippen molar-refractivity contribution >= 4 is 23.9 Å². The van der Waals surface area contributed by atoms with Gasteiger partial charge in [0.15, 0.2) is 5.70 Å². The van der Waals surface area contributed by atoms with Gasteiger partial charge in [0.2, 0.25) is 5.90 Å². The molecule has 0 N–H and O–H groups in total. The lowest BCUT2D eigenvalue weighted by molar-refractivity contribution is -0.132. The molecule has 5 heteroatoms. The Morgan fingerprint density at radius 1 is 1.07 bits per heavy atom. The first-order valence-corrected chi connectivity index (χ1v) is 9.48. The number of nitrogens with zero attached hydrogens (tertiary/aromatic N) is 1. The number of ether oxygens (including phenoxy) is 2. The molecule has 0 spiro atoms. The van der Waals surface area contributed by atoms with Crippen LogP contribution in [0, 0.1) is 13.8 Å². The normalized spacial score (nSPS) is 15.3. The van der Waals surface area contributed by atoms with Crippen molar-refractivity contribution in [1.82, 2.24) is 0 Å². The molecule has 0 aromatic heterocycles. The van der Waals surface area contributed by atoms with Crippen LogP contribution in [0.15, 0.2) is 47.1 Å². The van der Waals surface area contributed by atoms with Gasteiger partial charge >= 0.3 is 11.9 Å². The average molecular weight is 391 g/mol. The molecule has 0 atom stereocenters. The van der Waals surface area contributed by atoms with Crippen LogP contribution in [0.4, 0.5) is 0 Å². The van der Waals surface area contributed by atoms with Crippen LogP contribution >= 0.6 is 0 Å². The smallest absolute Gasteiger partial charge is 0.363 e. The van der Waals surface area contributed by atoms with Gasteiger partial charge in [-0.25, -0.2) is 9.79 Å². The number of carbonyl (C=O) groups excluding carboxylic acids is 2. The lowest BCUT2D eigenvalue weighted by Gasteiger charge is -2.18. The van der Waals surface area contributed by atoms with Crippen LogP contribution in [0.3, 0.4) is 0 Å². The van der Waals surface area contributed by atoms with Crippen molar-refractivity contribution in [3.63, 3.8) is 0 Å². The number of aryl methyl sites for hydroxylation is 2. The Morgan fingerprint density at radius 2 is 1.66 bits per heavy atom. The molecule has 0 fully saturated rings. The zero-order chi connectivity index (χ0) is 21.3. The Hall–Kier alpha value is -3.21. The maximum Gasteiger partial charge on any atom is 0.363 e. The molecule has 0 unspecified atom stereocenters. The largest absolute Gasteiger partial charge is 0.426 e. The topological polar surface area (TPSA) is 65.0 Å². The first-order valence-electron chi connectivity index (χ1n) is 9.48. The second kappa shape index (κ2) is 7.66. The van der Waals surface area contributed by atoms with Gasteiger partial charge in [-0.05, 0) is 71.9 Å². The second-order valence-electron chi connectivity index (χ2n) is 8.24. The van der Waals surface area contributed by atoms with Crippen LogP contribution in [0.25, 0.3) is 6.08 Å². The van der Waals surface area contributed by atoms with E-state index in [9.17, 15) is 9.59 Å². The Kier molecular flexibility index (Phi) is 5.42. The second-order valence-corrected chi connectivity index (χ2v) is 8.24. The van der Waals surface area contributed by atoms with Crippen LogP contribution in [0.2, 0.25) is 0 Å². The third kappa shape index (κ3) is 4.62. The van der Waals surface area contributed by atoms with Crippen LogP contribution in [0.1, 0.15) is 55.5 Å². The van der Waals surface area contributed by atoms with Crippen molar-refractivity contribution < 1.29 is 19.1 Å². The molecule has 1 heterocycles. The highest BCUT2D eigenvalue weighted by Gasteiger charge is 2.25. The molecule has 29 heavy (non-hydrogen) atoms. The van der Waals surface area contributed by atoms with Crippen molar-refractivity contribution in [2.45, 2.75) is 47.0 Å². The summed E-state index contributed by atoms with van der Waals surface area (Å²) in [6.07, 6.45) is 1.68. The number of hydrogen-bond donors (Lipinski definition) is 0. The molecule has 3 rings (SSSR count). The summed E-state index contributed by atoms with van der Waals surface area (Å²) in [4.78, 5) is 27.9. The van der Waals surface area contributed by atoms with Crippen LogP contribution < -0.4 is 4.74 Å². The number of hydrogen-bond acceptors (Lipinski definition) is 5. The highest BCUT2D eigenvalue weighted by molar-refractivity contribution is 6.12. The summed E-state index contributed by atoms with van der Waals surface area (Å²) in [5.74, 6) is -0.0175. The van der Waals surface area contributed by atoms with Gasteiger partial charge < -0.3 is 9.47 Å². The molecular weight excluding hydrogens is 366 g/mol. The highest BCUT2D eigenvalue weighted by atomic mass is 16.6. The SMILES string of the molecule is CC(=O)Oc1c(C)cc(/C=C2\N=C(c3ccc(C(C)(C)C)cc3)OC2=O)cc1C. The van der Waals surface area contributed by atoms with E-state index in [1.807, 2.05) is 50.2 Å². The summed E-state index contributed by atoms with van der Waals surface area (Å²) in [7, 11) is 0. The van der Waals surface area contributed by atoms with E-state index in [2.05, 4.69) is 25.8 Å². The summed E-state index contributed by atoms with van der Waals surface area (Å²) in [6.45, 7) is 11.5. The van der Waals surface area contributed by atoms with E-state index in [1.165, 1.54) is 12.5 Å². The van der Waals surface area contributed by atoms with Crippen LogP contribution in [-0.4, -0.2) is 17.8 Å². The lowest BCUT2D eigenvalue weighted by Crippen LogP contribution is -2.11. The van der Waals surface area contributed by atoms with E-state index in [0.29, 0.717) is 11.6 Å². The van der Waals surface area contributed by atoms with Gasteiger partial charge in [-0.1, -0.05) is 32.9 Å². The molecule has 0 bridgehead atoms. The van der Waals surface area contributed by atoms with E-state index in [0.717, 1.165) is 22.3 Å². The monoisotopic (exact) mass is 391 g/mol. The van der Waals surface area contributed by atoms with E-state index < -0.39 is 5.97 Å². The molecule has 0 aliphatic carbocycles. The van der Waals surface area contributed by atoms with Gasteiger partial charge in [0, 0.05) is 12.5 Å². The van der Waals surface area contributed by atoms with Gasteiger partial charge in [-0.2, -0.15) is 0 Å². The van der Waals surface area contributed by atoms with Gasteiger partial charge in [-0.3, -0.25) is 4.79 Å². The van der Waals surface area contributed by atoms with Gasteiger partial charge in [0.1, 0.15) is 5.75 Å². The fraction of sp³-hybridized carbons (Fsp3) is 0.292. The average Bonchev–Trinajstić information content (AvgIpc) is 2.98. The molecule has 0 saturated heterocycles. The first-order chi connectivity index (χ1) is 13.5. The van der Waals surface area contributed by atoms with Crippen molar-refractivity contribution in [3.8, 4) is 5.75 Å². The van der Waals surface area contributed by atoms with Gasteiger partial charge in [-0.15, -0.1) is 0 Å². The van der Waals surface area contributed by atoms with Crippen molar-refractivity contribution in [2.75, 3.05) is 0 Å². The number of carbonyl (C=O) groups is 2. The fourth-order valence-corrected chi connectivity index (χ4v) is 3.18. The minimum Gasteiger partial charge on any atom is -0.426 e. The number of esters is 2. The molecular formula is C24H25NO4. The minimum atomic E-state index is -0.487. The molecule has 0 radical (unpaired) electrons. The number of cyclic esters (lactones) is 1. The molecule has 2 aromatic carbocycles. The van der Waals surface area contributed by atoms with E-state index in [4.69, 9.17) is 9.47 Å². The summed E-state index contributed by atoms with van der Waals surface area (Å²) in [5, 5.41) is 0. The molecule has 5 nitrogen and oxygen atoms in total. The summed E-state index contributed by atoms with van der Waals surface area (Å²) in [5.41, 5.74) is 4.63.